The number of carbonyl (C=O) groups is 3. The summed E-state index contributed by atoms with van der Waals surface area (Å²) in [6, 6.07) is 14.7. The molecule has 2 aromatic carbocycles. The van der Waals surface area contributed by atoms with Gasteiger partial charge in [0.15, 0.2) is 0 Å². The van der Waals surface area contributed by atoms with E-state index in [9.17, 15) is 14.4 Å². The van der Waals surface area contributed by atoms with E-state index in [0.29, 0.717) is 36.4 Å². The molecule has 8 heteroatoms. The average Bonchev–Trinajstić information content (AvgIpc) is 2.86. The molecule has 186 valence electrons. The zero-order valence-electron chi connectivity index (χ0n) is 20.3. The van der Waals surface area contributed by atoms with E-state index in [0.717, 1.165) is 18.4 Å². The molecule has 2 heterocycles. The molecule has 3 atom stereocenters. The largest absolute Gasteiger partial charge is 0.490 e. The van der Waals surface area contributed by atoms with Crippen LogP contribution in [0.25, 0.3) is 0 Å². The van der Waals surface area contributed by atoms with Gasteiger partial charge < -0.3 is 25.0 Å². The number of nitrogens with zero attached hydrogens (tertiary/aromatic N) is 1. The summed E-state index contributed by atoms with van der Waals surface area (Å²) in [7, 11) is 1.77. The molecule has 0 aromatic heterocycles. The first-order valence-electron chi connectivity index (χ1n) is 12.2. The number of likely N-dealkylation sites (N-methyl/N-ethyl adjacent to an activating group) is 1. The summed E-state index contributed by atoms with van der Waals surface area (Å²) in [5, 5.41) is 5.79. The van der Waals surface area contributed by atoms with Crippen LogP contribution in [-0.4, -0.2) is 54.5 Å². The highest BCUT2D eigenvalue weighted by Gasteiger charge is 2.39. The van der Waals surface area contributed by atoms with Gasteiger partial charge in [-0.25, -0.2) is 0 Å². The van der Waals surface area contributed by atoms with Gasteiger partial charge >= 0.3 is 0 Å². The molecule has 0 spiro atoms. The van der Waals surface area contributed by atoms with E-state index < -0.39 is 0 Å². The molecular weight excluding hydrogens is 446 g/mol. The van der Waals surface area contributed by atoms with Crippen LogP contribution in [0.15, 0.2) is 48.5 Å². The number of carbonyl (C=O) groups excluding carboxylic acids is 3. The molecule has 3 amide bonds. The molecule has 35 heavy (non-hydrogen) atoms. The number of amides is 3. The van der Waals surface area contributed by atoms with Crippen molar-refractivity contribution >= 4 is 23.4 Å². The van der Waals surface area contributed by atoms with Crippen LogP contribution in [0.3, 0.4) is 0 Å². The van der Waals surface area contributed by atoms with E-state index in [2.05, 4.69) is 10.6 Å². The van der Waals surface area contributed by atoms with E-state index in [4.69, 9.17) is 9.47 Å². The first kappa shape index (κ1) is 24.7. The van der Waals surface area contributed by atoms with Gasteiger partial charge in [-0.3, -0.25) is 14.4 Å². The maximum absolute atomic E-state index is 13.3. The van der Waals surface area contributed by atoms with Gasteiger partial charge in [0, 0.05) is 25.7 Å². The highest BCUT2D eigenvalue weighted by atomic mass is 16.5. The molecule has 2 N–H and O–H groups in total. The Labute approximate surface area is 206 Å². The van der Waals surface area contributed by atoms with Gasteiger partial charge in [0.05, 0.1) is 24.1 Å². The Hall–Kier alpha value is -3.39. The fourth-order valence-corrected chi connectivity index (χ4v) is 4.63. The maximum Gasteiger partial charge on any atom is 0.257 e. The smallest absolute Gasteiger partial charge is 0.257 e. The lowest BCUT2D eigenvalue weighted by molar-refractivity contribution is -0.134. The van der Waals surface area contributed by atoms with E-state index >= 15 is 0 Å². The van der Waals surface area contributed by atoms with Crippen molar-refractivity contribution in [1.29, 1.82) is 0 Å². The highest BCUT2D eigenvalue weighted by Crippen LogP contribution is 2.32. The van der Waals surface area contributed by atoms with Crippen molar-refractivity contribution in [2.75, 3.05) is 19.0 Å². The Bertz CT molecular complexity index is 1060. The molecule has 8 nitrogen and oxygen atoms in total. The summed E-state index contributed by atoms with van der Waals surface area (Å²) in [6.07, 6.45) is 2.28. The van der Waals surface area contributed by atoms with Crippen LogP contribution in [0.1, 0.15) is 54.9 Å². The minimum Gasteiger partial charge on any atom is -0.490 e. The second-order valence-corrected chi connectivity index (χ2v) is 9.14. The maximum atomic E-state index is 13.3. The van der Waals surface area contributed by atoms with Gasteiger partial charge in [0.2, 0.25) is 11.8 Å². The first-order valence-corrected chi connectivity index (χ1v) is 12.2. The zero-order valence-corrected chi connectivity index (χ0v) is 20.3. The first-order chi connectivity index (χ1) is 16.9. The summed E-state index contributed by atoms with van der Waals surface area (Å²) in [4.78, 5) is 39.5. The third-order valence-electron chi connectivity index (χ3n) is 6.52. The number of ether oxygens (including phenoxy) is 2. The van der Waals surface area contributed by atoms with Crippen LogP contribution in [0.5, 0.6) is 5.75 Å². The second-order valence-electron chi connectivity index (χ2n) is 9.14. The van der Waals surface area contributed by atoms with Gasteiger partial charge in [-0.15, -0.1) is 0 Å². The number of hydrogen-bond acceptors (Lipinski definition) is 5. The minimum atomic E-state index is -0.332. The predicted octanol–water partition coefficient (Wildman–Crippen LogP) is 3.51. The van der Waals surface area contributed by atoms with Gasteiger partial charge in [0.1, 0.15) is 18.5 Å². The third kappa shape index (κ3) is 6.19. The molecule has 0 saturated carbocycles. The summed E-state index contributed by atoms with van der Waals surface area (Å²) < 4.78 is 12.2. The topological polar surface area (TPSA) is 97.0 Å². The number of rotatable bonds is 7. The molecule has 0 unspecified atom stereocenters. The molecule has 2 aromatic rings. The Kier molecular flexibility index (Phi) is 8.02. The van der Waals surface area contributed by atoms with Crippen molar-refractivity contribution in [2.45, 2.75) is 63.8 Å². The number of nitrogens with one attached hydrogen (secondary N) is 2. The Morgan fingerprint density at radius 2 is 1.89 bits per heavy atom. The second kappa shape index (κ2) is 11.4. The molecule has 0 radical (unpaired) electrons. The quantitative estimate of drug-likeness (QED) is 0.634. The minimum absolute atomic E-state index is 0.0588. The molecule has 1 fully saturated rings. The van der Waals surface area contributed by atoms with Gasteiger partial charge in [-0.05, 0) is 43.0 Å². The van der Waals surface area contributed by atoms with Gasteiger partial charge in [-0.1, -0.05) is 37.3 Å². The molecular formula is C27H33N3O5. The number of anilines is 1. The van der Waals surface area contributed by atoms with Gasteiger partial charge in [-0.2, -0.15) is 0 Å². The number of hydrogen-bond donors (Lipinski definition) is 2. The van der Waals surface area contributed by atoms with Crippen molar-refractivity contribution in [1.82, 2.24) is 10.2 Å². The van der Waals surface area contributed by atoms with Crippen LogP contribution >= 0.6 is 0 Å². The standard InChI is InChI=1S/C27H33N3O5/c1-3-7-25(31)29-19-10-13-23-21(14-19)27(33)30(2)22-12-11-20(35-24(22)17-34-23)15-26(32)28-16-18-8-5-4-6-9-18/h4-6,8-10,13-14,20,22,24H,3,7,11-12,15-17H2,1-2H3,(H,28,32)(H,29,31)/t20-,22+,24+/m0/s1. The fraction of sp³-hybridized carbons (Fsp3) is 0.444. The third-order valence-corrected chi connectivity index (χ3v) is 6.52. The number of fused-ring (bicyclic) bond motifs is 2. The van der Waals surface area contributed by atoms with Crippen LogP contribution in [0, 0.1) is 0 Å². The average molecular weight is 480 g/mol. The lowest BCUT2D eigenvalue weighted by Gasteiger charge is -2.42. The van der Waals surface area contributed by atoms with Crippen LogP contribution < -0.4 is 15.4 Å². The lowest BCUT2D eigenvalue weighted by atomic mass is 9.94. The molecule has 1 saturated heterocycles. The zero-order chi connectivity index (χ0) is 24.8. The van der Waals surface area contributed by atoms with E-state index in [1.54, 1.807) is 30.1 Å². The van der Waals surface area contributed by atoms with Crippen molar-refractivity contribution in [2.24, 2.45) is 0 Å². The normalized spacial score (nSPS) is 21.6. The van der Waals surface area contributed by atoms with E-state index in [-0.39, 0.29) is 49.0 Å². The van der Waals surface area contributed by atoms with Crippen molar-refractivity contribution in [3.05, 3.63) is 59.7 Å². The van der Waals surface area contributed by atoms with Crippen molar-refractivity contribution in [3.8, 4) is 5.75 Å². The lowest BCUT2D eigenvalue weighted by Crippen LogP contribution is -2.53. The van der Waals surface area contributed by atoms with Crippen LogP contribution in [0.4, 0.5) is 5.69 Å². The Morgan fingerprint density at radius 3 is 2.66 bits per heavy atom. The molecule has 0 aliphatic carbocycles. The monoisotopic (exact) mass is 479 g/mol. The Balaban J connectivity index is 1.38. The molecule has 4 rings (SSSR count). The van der Waals surface area contributed by atoms with Gasteiger partial charge in [0.25, 0.3) is 5.91 Å². The van der Waals surface area contributed by atoms with Crippen molar-refractivity contribution in [3.63, 3.8) is 0 Å². The predicted molar refractivity (Wildman–Crippen MR) is 132 cm³/mol. The fourth-order valence-electron chi connectivity index (χ4n) is 4.63. The Morgan fingerprint density at radius 1 is 1.09 bits per heavy atom. The summed E-state index contributed by atoms with van der Waals surface area (Å²) in [5.74, 6) is 0.139. The number of benzene rings is 2. The van der Waals surface area contributed by atoms with Crippen LogP contribution in [0.2, 0.25) is 0 Å². The van der Waals surface area contributed by atoms with E-state index in [1.165, 1.54) is 0 Å². The highest BCUT2D eigenvalue weighted by molar-refractivity contribution is 5.99. The summed E-state index contributed by atoms with van der Waals surface area (Å²) in [5.41, 5.74) is 2.04. The summed E-state index contributed by atoms with van der Waals surface area (Å²) in [6.45, 7) is 2.70. The summed E-state index contributed by atoms with van der Waals surface area (Å²) >= 11 is 0. The molecule has 2 aliphatic heterocycles. The molecule has 2 aliphatic rings. The SMILES string of the molecule is CCCC(=O)Nc1ccc2c(c1)C(=O)N(C)[C@@H]1CC[C@@H](CC(=O)NCc3ccccc3)O[C@@H]1CO2. The van der Waals surface area contributed by atoms with Crippen molar-refractivity contribution < 1.29 is 23.9 Å². The van der Waals surface area contributed by atoms with E-state index in [1.807, 2.05) is 37.3 Å². The molecule has 0 bridgehead atoms. The van der Waals surface area contributed by atoms with Crippen LogP contribution in [-0.2, 0) is 20.9 Å².